The second-order valence-corrected chi connectivity index (χ2v) is 3.18. The second-order valence-electron chi connectivity index (χ2n) is 2.02. The molecule has 0 atom stereocenters. The molecule has 0 saturated heterocycles. The average molecular weight is 273 g/mol. The maximum Gasteiger partial charge on any atom is 1.00 e. The van der Waals surface area contributed by atoms with Crippen molar-refractivity contribution in [3.05, 3.63) is 27.3 Å². The first-order valence-electron chi connectivity index (χ1n) is 3.12. The van der Waals surface area contributed by atoms with Gasteiger partial charge in [-0.25, -0.2) is 4.98 Å². The van der Waals surface area contributed by atoms with Crippen LogP contribution < -0.4 is 24.0 Å². The van der Waals surface area contributed by atoms with Gasteiger partial charge in [0.1, 0.15) is 0 Å². The van der Waals surface area contributed by atoms with Crippen molar-refractivity contribution >= 4 is 22.6 Å². The zero-order chi connectivity index (χ0) is 8.27. The molecule has 0 fully saturated rings. The zero-order valence-electron chi connectivity index (χ0n) is 6.68. The van der Waals surface area contributed by atoms with Crippen molar-refractivity contribution in [1.29, 1.82) is 0 Å². The molecule has 0 aliphatic carbocycles. The summed E-state index contributed by atoms with van der Waals surface area (Å²) in [5.41, 5.74) is 0.433. The molecule has 0 spiro atoms. The van der Waals surface area contributed by atoms with Crippen molar-refractivity contribution in [3.8, 4) is 0 Å². The minimum absolute atomic E-state index is 0. The number of halogens is 2. The summed E-state index contributed by atoms with van der Waals surface area (Å²) in [6.45, 7) is -0.293. The Morgan fingerprint density at radius 3 is 2.75 bits per heavy atom. The normalized spacial score (nSPS) is 9.25. The first-order valence-corrected chi connectivity index (χ1v) is 4.20. The number of aromatic nitrogens is 1. The van der Waals surface area contributed by atoms with Crippen molar-refractivity contribution in [2.45, 2.75) is 6.42 Å². The van der Waals surface area contributed by atoms with Gasteiger partial charge in [-0.1, -0.05) is 0 Å². The minimum Gasteiger partial charge on any atom is -0.854 e. The molecule has 5 heteroatoms. The third-order valence-corrected chi connectivity index (χ3v) is 2.31. The average Bonchev–Trinajstić information content (AvgIpc) is 1.97. The molecule has 0 aliphatic heterocycles. The zero-order valence-corrected chi connectivity index (χ0v) is 8.84. The van der Waals surface area contributed by atoms with E-state index in [-0.39, 0.29) is 31.9 Å². The molecule has 2 nitrogen and oxygen atoms in total. The first kappa shape index (κ1) is 12.4. The van der Waals surface area contributed by atoms with Crippen LogP contribution in [0.3, 0.4) is 0 Å². The van der Waals surface area contributed by atoms with Crippen LogP contribution in [0.5, 0.6) is 0 Å². The van der Waals surface area contributed by atoms with E-state index in [4.69, 9.17) is 0 Å². The smallest absolute Gasteiger partial charge is 0.854 e. The van der Waals surface area contributed by atoms with Crippen LogP contribution in [0.1, 0.15) is 5.56 Å². The molecule has 60 valence electrons. The third kappa shape index (κ3) is 3.02. The Kier molecular flexibility index (Phi) is 6.10. The number of nitrogens with zero attached hydrogens (tertiary/aromatic N) is 1. The van der Waals surface area contributed by atoms with E-state index in [0.29, 0.717) is 5.56 Å². The van der Waals surface area contributed by atoms with Gasteiger partial charge in [0.2, 0.25) is 5.95 Å². The Bertz CT molecular complexity index is 239. The van der Waals surface area contributed by atoms with E-state index in [9.17, 15) is 9.50 Å². The van der Waals surface area contributed by atoms with Gasteiger partial charge in [-0.05, 0) is 35.1 Å². The maximum atomic E-state index is 12.8. The van der Waals surface area contributed by atoms with Gasteiger partial charge in [-0.2, -0.15) is 4.39 Å². The van der Waals surface area contributed by atoms with Gasteiger partial charge in [-0.15, -0.1) is 6.61 Å². The van der Waals surface area contributed by atoms with Crippen LogP contribution in [0, 0.1) is 9.52 Å². The van der Waals surface area contributed by atoms with E-state index in [0.717, 1.165) is 3.57 Å². The second kappa shape index (κ2) is 5.92. The molecule has 0 bridgehead atoms. The van der Waals surface area contributed by atoms with E-state index in [2.05, 4.69) is 4.98 Å². The molecule has 0 unspecified atom stereocenters. The van der Waals surface area contributed by atoms with Gasteiger partial charge in [0, 0.05) is 15.3 Å². The predicted octanol–water partition coefficient (Wildman–Crippen LogP) is -2.27. The number of hydrogen-bond donors (Lipinski definition) is 0. The van der Waals surface area contributed by atoms with Crippen LogP contribution >= 0.6 is 22.6 Å². The summed E-state index contributed by atoms with van der Waals surface area (Å²) >= 11 is 1.99. The van der Waals surface area contributed by atoms with Crippen LogP contribution in [-0.4, -0.2) is 11.6 Å². The number of hydrogen-bond acceptors (Lipinski definition) is 2. The molecule has 0 amide bonds. The molecular formula is C7H6FILiNO. The molecule has 1 heterocycles. The van der Waals surface area contributed by atoms with Gasteiger partial charge in [0.15, 0.2) is 0 Å². The number of pyridine rings is 1. The van der Waals surface area contributed by atoms with Crippen molar-refractivity contribution in [3.63, 3.8) is 0 Å². The summed E-state index contributed by atoms with van der Waals surface area (Å²) in [5, 5.41) is 10.2. The Balaban J connectivity index is 0.00000121. The molecule has 1 rings (SSSR count). The van der Waals surface area contributed by atoms with E-state index in [1.807, 2.05) is 22.6 Å². The van der Waals surface area contributed by atoms with E-state index in [1.165, 1.54) is 6.20 Å². The maximum absolute atomic E-state index is 12.8. The molecule has 1 aromatic heterocycles. The van der Waals surface area contributed by atoms with Gasteiger partial charge in [0.05, 0.1) is 0 Å². The van der Waals surface area contributed by atoms with Gasteiger partial charge >= 0.3 is 18.9 Å². The molecular weight excluding hydrogens is 267 g/mol. The van der Waals surface area contributed by atoms with E-state index >= 15 is 0 Å². The van der Waals surface area contributed by atoms with Gasteiger partial charge in [0.25, 0.3) is 0 Å². The molecule has 12 heavy (non-hydrogen) atoms. The topological polar surface area (TPSA) is 36.0 Å². The third-order valence-electron chi connectivity index (χ3n) is 1.30. The molecule has 1 aromatic rings. The van der Waals surface area contributed by atoms with Crippen LogP contribution in [-0.2, 0) is 6.42 Å². The van der Waals surface area contributed by atoms with Crippen molar-refractivity contribution in [2.24, 2.45) is 0 Å². The quantitative estimate of drug-likeness (QED) is 0.346. The van der Waals surface area contributed by atoms with Crippen LogP contribution in [0.4, 0.5) is 4.39 Å². The standard InChI is InChI=1S/C7H6FINO.Li/c8-7-5(2-4-11)6(9)1-3-10-7;/h1,3H,2,4H2;/q-1;+1. The molecule has 0 saturated carbocycles. The fourth-order valence-electron chi connectivity index (χ4n) is 0.770. The summed E-state index contributed by atoms with van der Waals surface area (Å²) in [5.74, 6) is -0.521. The van der Waals surface area contributed by atoms with Crippen molar-refractivity contribution < 1.29 is 28.4 Å². The fourth-order valence-corrected chi connectivity index (χ4v) is 1.42. The molecule has 0 aliphatic rings. The first-order chi connectivity index (χ1) is 5.25. The summed E-state index contributed by atoms with van der Waals surface area (Å²) in [6, 6.07) is 1.69. The summed E-state index contributed by atoms with van der Waals surface area (Å²) in [7, 11) is 0. The monoisotopic (exact) mass is 273 g/mol. The van der Waals surface area contributed by atoms with Crippen molar-refractivity contribution in [1.82, 2.24) is 4.98 Å². The van der Waals surface area contributed by atoms with Gasteiger partial charge < -0.3 is 5.11 Å². The largest absolute Gasteiger partial charge is 1.00 e. The van der Waals surface area contributed by atoms with E-state index in [1.54, 1.807) is 6.07 Å². The van der Waals surface area contributed by atoms with Crippen LogP contribution in [0.2, 0.25) is 0 Å². The Labute approximate surface area is 95.9 Å². The summed E-state index contributed by atoms with van der Waals surface area (Å²) in [6.07, 6.45) is 1.61. The Hall–Kier alpha value is 0.367. The predicted molar refractivity (Wildman–Crippen MR) is 45.5 cm³/mol. The van der Waals surface area contributed by atoms with Crippen LogP contribution in [0.25, 0.3) is 0 Å². The molecule has 0 aromatic carbocycles. The Morgan fingerprint density at radius 1 is 1.58 bits per heavy atom. The summed E-state index contributed by atoms with van der Waals surface area (Å²) < 4.78 is 13.6. The van der Waals surface area contributed by atoms with Crippen LogP contribution in [0.15, 0.2) is 12.3 Å². The number of rotatable bonds is 2. The SMILES string of the molecule is [Li+].[O-]CCc1c(I)ccnc1F. The molecule has 0 radical (unpaired) electrons. The Morgan fingerprint density at radius 2 is 2.25 bits per heavy atom. The van der Waals surface area contributed by atoms with Crippen molar-refractivity contribution in [2.75, 3.05) is 6.61 Å². The van der Waals surface area contributed by atoms with E-state index < -0.39 is 5.95 Å². The molecule has 0 N–H and O–H groups in total. The fraction of sp³-hybridized carbons (Fsp3) is 0.286. The van der Waals surface area contributed by atoms with Gasteiger partial charge in [-0.3, -0.25) is 0 Å². The minimum atomic E-state index is -0.521. The summed E-state index contributed by atoms with van der Waals surface area (Å²) in [4.78, 5) is 3.45.